The first kappa shape index (κ1) is 13.9. The standard InChI is InChI=1S/C11H14ClNO4/c1-15-4-5-16-6-7-17-11(14)9-2-3-13-10(12)8-9/h2-3,8H,4-7H2,1H3. The number of nitrogens with zero attached hydrogens (tertiary/aromatic N) is 1. The fourth-order valence-corrected chi connectivity index (χ4v) is 1.22. The molecule has 1 aromatic heterocycles. The summed E-state index contributed by atoms with van der Waals surface area (Å²) < 4.78 is 14.9. The molecule has 0 aliphatic rings. The molecule has 1 aromatic rings. The lowest BCUT2D eigenvalue weighted by Crippen LogP contribution is -2.12. The summed E-state index contributed by atoms with van der Waals surface area (Å²) in [4.78, 5) is 15.3. The highest BCUT2D eigenvalue weighted by atomic mass is 35.5. The zero-order valence-corrected chi connectivity index (χ0v) is 10.3. The van der Waals surface area contributed by atoms with Crippen molar-refractivity contribution in [2.24, 2.45) is 0 Å². The van der Waals surface area contributed by atoms with Gasteiger partial charge in [0, 0.05) is 13.3 Å². The van der Waals surface area contributed by atoms with Gasteiger partial charge in [0.05, 0.1) is 25.4 Å². The summed E-state index contributed by atoms with van der Waals surface area (Å²) in [6, 6.07) is 3.00. The number of pyridine rings is 1. The number of esters is 1. The van der Waals surface area contributed by atoms with Gasteiger partial charge >= 0.3 is 5.97 Å². The van der Waals surface area contributed by atoms with Crippen molar-refractivity contribution in [1.82, 2.24) is 4.98 Å². The van der Waals surface area contributed by atoms with Crippen molar-refractivity contribution < 1.29 is 19.0 Å². The van der Waals surface area contributed by atoms with Crippen LogP contribution in [0.15, 0.2) is 18.3 Å². The maximum atomic E-state index is 11.5. The van der Waals surface area contributed by atoms with Crippen LogP contribution in [0.2, 0.25) is 5.15 Å². The Morgan fingerprint density at radius 2 is 2.12 bits per heavy atom. The van der Waals surface area contributed by atoms with Gasteiger partial charge in [0.15, 0.2) is 0 Å². The van der Waals surface area contributed by atoms with Crippen molar-refractivity contribution in [1.29, 1.82) is 0 Å². The molecule has 0 aliphatic heterocycles. The molecule has 0 atom stereocenters. The van der Waals surface area contributed by atoms with Crippen molar-refractivity contribution in [2.45, 2.75) is 0 Å². The molecule has 0 saturated heterocycles. The summed E-state index contributed by atoms with van der Waals surface area (Å²) in [5.74, 6) is -0.440. The minimum atomic E-state index is -0.440. The van der Waals surface area contributed by atoms with Gasteiger partial charge in [0.25, 0.3) is 0 Å². The SMILES string of the molecule is COCCOCCOC(=O)c1ccnc(Cl)c1. The molecule has 0 aliphatic carbocycles. The molecule has 17 heavy (non-hydrogen) atoms. The molecule has 0 aromatic carbocycles. The van der Waals surface area contributed by atoms with Gasteiger partial charge in [0.2, 0.25) is 0 Å². The molecular formula is C11H14ClNO4. The van der Waals surface area contributed by atoms with E-state index in [9.17, 15) is 4.79 Å². The topological polar surface area (TPSA) is 57.7 Å². The third kappa shape index (κ3) is 5.63. The van der Waals surface area contributed by atoms with E-state index in [2.05, 4.69) is 4.98 Å². The first-order valence-corrected chi connectivity index (χ1v) is 5.47. The summed E-state index contributed by atoms with van der Waals surface area (Å²) in [6.07, 6.45) is 1.45. The Bertz CT molecular complexity index is 359. The molecule has 0 fully saturated rings. The monoisotopic (exact) mass is 259 g/mol. The largest absolute Gasteiger partial charge is 0.460 e. The van der Waals surface area contributed by atoms with Crippen LogP contribution >= 0.6 is 11.6 Å². The number of rotatable bonds is 7. The van der Waals surface area contributed by atoms with E-state index >= 15 is 0 Å². The second-order valence-electron chi connectivity index (χ2n) is 3.11. The Hall–Kier alpha value is -1.17. The van der Waals surface area contributed by atoms with Crippen molar-refractivity contribution >= 4 is 17.6 Å². The number of halogens is 1. The molecule has 94 valence electrons. The van der Waals surface area contributed by atoms with Crippen molar-refractivity contribution in [3.63, 3.8) is 0 Å². The van der Waals surface area contributed by atoms with E-state index < -0.39 is 5.97 Å². The number of hydrogen-bond acceptors (Lipinski definition) is 5. The summed E-state index contributed by atoms with van der Waals surface area (Å²) in [7, 11) is 1.59. The third-order valence-corrected chi connectivity index (χ3v) is 2.06. The van der Waals surface area contributed by atoms with Crippen LogP contribution < -0.4 is 0 Å². The minimum Gasteiger partial charge on any atom is -0.460 e. The highest BCUT2D eigenvalue weighted by Crippen LogP contribution is 2.08. The van der Waals surface area contributed by atoms with Crippen LogP contribution in [0.3, 0.4) is 0 Å². The van der Waals surface area contributed by atoms with Crippen LogP contribution in [0.25, 0.3) is 0 Å². The molecule has 0 amide bonds. The lowest BCUT2D eigenvalue weighted by atomic mass is 10.3. The second kappa shape index (κ2) is 8.00. The number of carbonyl (C=O) groups excluding carboxylic acids is 1. The van der Waals surface area contributed by atoms with E-state index in [4.69, 9.17) is 25.8 Å². The predicted molar refractivity (Wildman–Crippen MR) is 62.2 cm³/mol. The maximum Gasteiger partial charge on any atom is 0.338 e. The van der Waals surface area contributed by atoms with E-state index in [1.807, 2.05) is 0 Å². The number of hydrogen-bond donors (Lipinski definition) is 0. The molecule has 0 unspecified atom stereocenters. The first-order chi connectivity index (χ1) is 8.24. The van der Waals surface area contributed by atoms with E-state index in [0.717, 1.165) is 0 Å². The van der Waals surface area contributed by atoms with Gasteiger partial charge < -0.3 is 14.2 Å². The van der Waals surface area contributed by atoms with E-state index in [1.165, 1.54) is 12.3 Å². The molecule has 1 rings (SSSR count). The zero-order valence-electron chi connectivity index (χ0n) is 9.52. The van der Waals surface area contributed by atoms with Crippen LogP contribution in [0.4, 0.5) is 0 Å². The van der Waals surface area contributed by atoms with Gasteiger partial charge in [-0.3, -0.25) is 0 Å². The number of aromatic nitrogens is 1. The van der Waals surface area contributed by atoms with Crippen molar-refractivity contribution in [3.05, 3.63) is 29.0 Å². The van der Waals surface area contributed by atoms with Crippen molar-refractivity contribution in [2.75, 3.05) is 33.5 Å². The molecule has 1 heterocycles. The lowest BCUT2D eigenvalue weighted by Gasteiger charge is -2.05. The van der Waals surface area contributed by atoms with Crippen LogP contribution in [0.1, 0.15) is 10.4 Å². The Balaban J connectivity index is 2.21. The van der Waals surface area contributed by atoms with Crippen molar-refractivity contribution in [3.8, 4) is 0 Å². The van der Waals surface area contributed by atoms with Gasteiger partial charge in [-0.1, -0.05) is 11.6 Å². The summed E-state index contributed by atoms with van der Waals surface area (Å²) >= 11 is 5.65. The first-order valence-electron chi connectivity index (χ1n) is 5.09. The fraction of sp³-hybridized carbons (Fsp3) is 0.455. The van der Waals surface area contributed by atoms with Gasteiger partial charge in [-0.15, -0.1) is 0 Å². The molecule has 0 bridgehead atoms. The minimum absolute atomic E-state index is 0.197. The van der Waals surface area contributed by atoms with Gasteiger partial charge in [0.1, 0.15) is 11.8 Å². The normalized spacial score (nSPS) is 10.2. The summed E-state index contributed by atoms with van der Waals surface area (Å²) in [6.45, 7) is 1.54. The fourth-order valence-electron chi connectivity index (χ4n) is 1.05. The van der Waals surface area contributed by atoms with E-state index in [1.54, 1.807) is 13.2 Å². The Labute approximate surface area is 105 Å². The Morgan fingerprint density at radius 3 is 2.82 bits per heavy atom. The average molecular weight is 260 g/mol. The highest BCUT2D eigenvalue weighted by Gasteiger charge is 2.07. The van der Waals surface area contributed by atoms with Gasteiger partial charge in [-0.25, -0.2) is 9.78 Å². The Kier molecular flexibility index (Phi) is 6.54. The molecule has 0 saturated carbocycles. The maximum absolute atomic E-state index is 11.5. The second-order valence-corrected chi connectivity index (χ2v) is 3.50. The number of ether oxygens (including phenoxy) is 3. The molecule has 0 N–H and O–H groups in total. The summed E-state index contributed by atoms with van der Waals surface area (Å²) in [5.41, 5.74) is 0.377. The molecule has 0 spiro atoms. The Morgan fingerprint density at radius 1 is 1.35 bits per heavy atom. The van der Waals surface area contributed by atoms with E-state index in [-0.39, 0.29) is 11.8 Å². The van der Waals surface area contributed by atoms with Crippen LogP contribution in [0.5, 0.6) is 0 Å². The highest BCUT2D eigenvalue weighted by molar-refractivity contribution is 6.29. The molecular weight excluding hydrogens is 246 g/mol. The predicted octanol–water partition coefficient (Wildman–Crippen LogP) is 1.55. The van der Waals surface area contributed by atoms with Crippen LogP contribution in [-0.2, 0) is 14.2 Å². The lowest BCUT2D eigenvalue weighted by molar-refractivity contribution is 0.0213. The van der Waals surface area contributed by atoms with Gasteiger partial charge in [-0.2, -0.15) is 0 Å². The van der Waals surface area contributed by atoms with Crippen LogP contribution in [-0.4, -0.2) is 44.5 Å². The molecule has 6 heteroatoms. The molecule has 0 radical (unpaired) electrons. The number of carbonyl (C=O) groups is 1. The average Bonchev–Trinajstić information content (AvgIpc) is 2.33. The molecule has 5 nitrogen and oxygen atoms in total. The quantitative estimate of drug-likeness (QED) is 0.422. The smallest absolute Gasteiger partial charge is 0.338 e. The number of methoxy groups -OCH3 is 1. The summed E-state index contributed by atoms with van der Waals surface area (Å²) in [5, 5.41) is 0.260. The zero-order chi connectivity index (χ0) is 12.5. The third-order valence-electron chi connectivity index (χ3n) is 1.85. The van der Waals surface area contributed by atoms with Gasteiger partial charge in [-0.05, 0) is 12.1 Å². The van der Waals surface area contributed by atoms with Crippen LogP contribution in [0, 0.1) is 0 Å². The van der Waals surface area contributed by atoms with E-state index in [0.29, 0.717) is 25.4 Å².